The van der Waals surface area contributed by atoms with Crippen LogP contribution in [0, 0.1) is 0 Å². The van der Waals surface area contributed by atoms with E-state index in [2.05, 4.69) is 41.0 Å². The SMILES string of the molecule is C[C@@H](OCc1ccccc1)[C@@H]1CN2CCN1CC2. The molecule has 3 saturated heterocycles. The van der Waals surface area contributed by atoms with Gasteiger partial charge in [0.15, 0.2) is 0 Å². The van der Waals surface area contributed by atoms with Crippen molar-refractivity contribution in [2.45, 2.75) is 25.7 Å². The van der Waals surface area contributed by atoms with E-state index in [0.717, 1.165) is 6.61 Å². The molecule has 0 N–H and O–H groups in total. The summed E-state index contributed by atoms with van der Waals surface area (Å²) in [6.45, 7) is 9.02. The number of hydrogen-bond donors (Lipinski definition) is 0. The first-order valence-corrected chi connectivity index (χ1v) is 6.95. The molecule has 0 unspecified atom stereocenters. The molecular weight excluding hydrogens is 224 g/mol. The Hall–Kier alpha value is -0.900. The molecule has 98 valence electrons. The third-order valence-electron chi connectivity index (χ3n) is 4.22. The average molecular weight is 246 g/mol. The van der Waals surface area contributed by atoms with Crippen LogP contribution in [-0.4, -0.2) is 54.7 Å². The Labute approximate surface area is 109 Å². The third-order valence-corrected chi connectivity index (χ3v) is 4.22. The van der Waals surface area contributed by atoms with Gasteiger partial charge in [0.05, 0.1) is 12.7 Å². The number of ether oxygens (including phenoxy) is 1. The second-order valence-electron chi connectivity index (χ2n) is 5.41. The third kappa shape index (κ3) is 2.58. The van der Waals surface area contributed by atoms with Crippen LogP contribution < -0.4 is 0 Å². The van der Waals surface area contributed by atoms with Gasteiger partial charge in [0.1, 0.15) is 0 Å². The highest BCUT2D eigenvalue weighted by Crippen LogP contribution is 2.20. The van der Waals surface area contributed by atoms with Crippen molar-refractivity contribution in [2.24, 2.45) is 0 Å². The van der Waals surface area contributed by atoms with E-state index in [9.17, 15) is 0 Å². The van der Waals surface area contributed by atoms with Crippen molar-refractivity contribution in [1.29, 1.82) is 0 Å². The van der Waals surface area contributed by atoms with Crippen LogP contribution in [0.2, 0.25) is 0 Å². The lowest BCUT2D eigenvalue weighted by Crippen LogP contribution is -2.64. The normalized spacial score (nSPS) is 32.4. The summed E-state index contributed by atoms with van der Waals surface area (Å²) in [4.78, 5) is 5.16. The molecule has 3 fully saturated rings. The van der Waals surface area contributed by atoms with E-state index in [1.54, 1.807) is 0 Å². The van der Waals surface area contributed by atoms with Crippen molar-refractivity contribution in [3.8, 4) is 0 Å². The van der Waals surface area contributed by atoms with Gasteiger partial charge in [0.25, 0.3) is 0 Å². The van der Waals surface area contributed by atoms with Crippen LogP contribution in [0.5, 0.6) is 0 Å². The minimum Gasteiger partial charge on any atom is -0.372 e. The molecule has 1 aromatic carbocycles. The second-order valence-corrected chi connectivity index (χ2v) is 5.41. The molecule has 0 spiro atoms. The molecule has 1 aromatic rings. The fourth-order valence-electron chi connectivity index (χ4n) is 3.02. The lowest BCUT2D eigenvalue weighted by atomic mass is 10.0. The highest BCUT2D eigenvalue weighted by molar-refractivity contribution is 5.13. The van der Waals surface area contributed by atoms with Crippen LogP contribution in [-0.2, 0) is 11.3 Å². The van der Waals surface area contributed by atoms with E-state index in [1.807, 2.05) is 6.07 Å². The maximum absolute atomic E-state index is 6.05. The number of piperazine rings is 3. The van der Waals surface area contributed by atoms with Gasteiger partial charge in [0, 0.05) is 38.8 Å². The topological polar surface area (TPSA) is 15.7 Å². The summed E-state index contributed by atoms with van der Waals surface area (Å²) in [5, 5.41) is 0. The molecule has 2 atom stereocenters. The van der Waals surface area contributed by atoms with Gasteiger partial charge < -0.3 is 4.74 Å². The van der Waals surface area contributed by atoms with E-state index in [4.69, 9.17) is 4.74 Å². The number of hydrogen-bond acceptors (Lipinski definition) is 3. The molecule has 3 heteroatoms. The van der Waals surface area contributed by atoms with Crippen molar-refractivity contribution < 1.29 is 4.74 Å². The lowest BCUT2D eigenvalue weighted by Gasteiger charge is -2.49. The van der Waals surface area contributed by atoms with Crippen molar-refractivity contribution in [3.05, 3.63) is 35.9 Å². The molecule has 3 aliphatic rings. The van der Waals surface area contributed by atoms with Gasteiger partial charge >= 0.3 is 0 Å². The molecule has 0 radical (unpaired) electrons. The molecule has 0 saturated carbocycles. The van der Waals surface area contributed by atoms with Gasteiger partial charge in [0.2, 0.25) is 0 Å². The van der Waals surface area contributed by atoms with Gasteiger partial charge in [-0.25, -0.2) is 0 Å². The molecule has 4 rings (SSSR count). The minimum absolute atomic E-state index is 0.313. The number of fused-ring (bicyclic) bond motifs is 3. The van der Waals surface area contributed by atoms with Crippen molar-refractivity contribution in [3.63, 3.8) is 0 Å². The monoisotopic (exact) mass is 246 g/mol. The Morgan fingerprint density at radius 2 is 1.89 bits per heavy atom. The fraction of sp³-hybridized carbons (Fsp3) is 0.600. The molecule has 18 heavy (non-hydrogen) atoms. The summed E-state index contributed by atoms with van der Waals surface area (Å²) in [7, 11) is 0. The molecule has 2 bridgehead atoms. The van der Waals surface area contributed by atoms with Gasteiger partial charge in [-0.3, -0.25) is 9.80 Å². The highest BCUT2D eigenvalue weighted by atomic mass is 16.5. The summed E-state index contributed by atoms with van der Waals surface area (Å²) < 4.78 is 6.05. The van der Waals surface area contributed by atoms with Crippen molar-refractivity contribution in [1.82, 2.24) is 9.80 Å². The smallest absolute Gasteiger partial charge is 0.0721 e. The maximum atomic E-state index is 6.05. The van der Waals surface area contributed by atoms with E-state index in [-0.39, 0.29) is 0 Å². The van der Waals surface area contributed by atoms with E-state index in [0.29, 0.717) is 12.1 Å². The average Bonchev–Trinajstić information content (AvgIpc) is 2.47. The van der Waals surface area contributed by atoms with Crippen LogP contribution >= 0.6 is 0 Å². The van der Waals surface area contributed by atoms with Crippen LogP contribution in [0.1, 0.15) is 12.5 Å². The zero-order valence-electron chi connectivity index (χ0n) is 11.1. The molecule has 0 aromatic heterocycles. The van der Waals surface area contributed by atoms with Crippen molar-refractivity contribution >= 4 is 0 Å². The largest absolute Gasteiger partial charge is 0.372 e. The van der Waals surface area contributed by atoms with Crippen LogP contribution in [0.3, 0.4) is 0 Å². The van der Waals surface area contributed by atoms with Gasteiger partial charge in [-0.1, -0.05) is 30.3 Å². The van der Waals surface area contributed by atoms with E-state index in [1.165, 1.54) is 38.3 Å². The second kappa shape index (κ2) is 5.39. The molecule has 0 amide bonds. The number of nitrogens with zero attached hydrogens (tertiary/aromatic N) is 2. The summed E-state index contributed by atoms with van der Waals surface area (Å²) in [6, 6.07) is 11.0. The molecule has 3 aliphatic heterocycles. The summed E-state index contributed by atoms with van der Waals surface area (Å²) in [6.07, 6.45) is 0.313. The van der Waals surface area contributed by atoms with E-state index >= 15 is 0 Å². The summed E-state index contributed by atoms with van der Waals surface area (Å²) >= 11 is 0. The van der Waals surface area contributed by atoms with E-state index < -0.39 is 0 Å². The standard InChI is InChI=1S/C15H22N2O/c1-13(18-12-14-5-3-2-4-6-14)15-11-16-7-9-17(15)10-8-16/h2-6,13,15H,7-12H2,1H3/t13-,15+/m1/s1. The number of benzene rings is 1. The zero-order chi connectivity index (χ0) is 12.4. The molecule has 0 aliphatic carbocycles. The molecular formula is C15H22N2O. The Balaban J connectivity index is 1.54. The van der Waals surface area contributed by atoms with Crippen LogP contribution in [0.15, 0.2) is 30.3 Å². The van der Waals surface area contributed by atoms with Gasteiger partial charge in [-0.15, -0.1) is 0 Å². The first-order valence-electron chi connectivity index (χ1n) is 6.95. The first kappa shape index (κ1) is 12.2. The quantitative estimate of drug-likeness (QED) is 0.802. The van der Waals surface area contributed by atoms with Crippen LogP contribution in [0.4, 0.5) is 0 Å². The molecule has 3 heterocycles. The molecule has 3 nitrogen and oxygen atoms in total. The fourth-order valence-corrected chi connectivity index (χ4v) is 3.02. The highest BCUT2D eigenvalue weighted by Gasteiger charge is 2.35. The Bertz CT molecular complexity index is 373. The van der Waals surface area contributed by atoms with Crippen LogP contribution in [0.25, 0.3) is 0 Å². The van der Waals surface area contributed by atoms with Gasteiger partial charge in [-0.05, 0) is 12.5 Å². The Kier molecular flexibility index (Phi) is 3.64. The minimum atomic E-state index is 0.313. The summed E-state index contributed by atoms with van der Waals surface area (Å²) in [5.74, 6) is 0. The lowest BCUT2D eigenvalue weighted by molar-refractivity contribution is -0.0720. The van der Waals surface area contributed by atoms with Gasteiger partial charge in [-0.2, -0.15) is 0 Å². The first-order chi connectivity index (χ1) is 8.83. The predicted octanol–water partition coefficient (Wildman–Crippen LogP) is 1.59. The van der Waals surface area contributed by atoms with Crippen molar-refractivity contribution in [2.75, 3.05) is 32.7 Å². The Morgan fingerprint density at radius 1 is 1.17 bits per heavy atom. The number of rotatable bonds is 4. The zero-order valence-corrected chi connectivity index (χ0v) is 11.1. The summed E-state index contributed by atoms with van der Waals surface area (Å²) in [5.41, 5.74) is 1.26. The predicted molar refractivity (Wildman–Crippen MR) is 72.5 cm³/mol. The maximum Gasteiger partial charge on any atom is 0.0721 e. The Morgan fingerprint density at radius 3 is 2.50 bits per heavy atom.